The molecule has 1 N–H and O–H groups in total. The molecule has 1 fully saturated rings. The summed E-state index contributed by atoms with van der Waals surface area (Å²) in [7, 11) is 1.97. The van der Waals surface area contributed by atoms with Crippen LogP contribution in [0, 0.1) is 0 Å². The molecule has 98 valence electrons. The number of likely N-dealkylation sites (N-methyl/N-ethyl adjacent to an activating group) is 1. The second-order valence-electron chi connectivity index (χ2n) is 3.98. The van der Waals surface area contributed by atoms with Crippen molar-refractivity contribution >= 4 is 12.4 Å². The quantitative estimate of drug-likeness (QED) is 0.837. The van der Waals surface area contributed by atoms with E-state index in [2.05, 4.69) is 20.3 Å². The van der Waals surface area contributed by atoms with Crippen LogP contribution in [0.5, 0.6) is 0 Å². The second kappa shape index (κ2) is 6.23. The third-order valence-electron chi connectivity index (χ3n) is 2.78. The summed E-state index contributed by atoms with van der Waals surface area (Å²) in [5, 5.41) is 6.96. The van der Waals surface area contributed by atoms with E-state index >= 15 is 0 Å². The minimum absolute atomic E-state index is 0. The van der Waals surface area contributed by atoms with Crippen molar-refractivity contribution < 1.29 is 8.78 Å². The van der Waals surface area contributed by atoms with Gasteiger partial charge in [-0.2, -0.15) is 5.10 Å². The van der Waals surface area contributed by atoms with Crippen molar-refractivity contribution in [3.8, 4) is 0 Å². The minimum Gasteiger partial charge on any atom is -0.314 e. The molecule has 2 rings (SSSR count). The number of hydrogen-bond donors (Lipinski definition) is 1. The summed E-state index contributed by atoms with van der Waals surface area (Å²) in [5.74, 6) is 0.592. The van der Waals surface area contributed by atoms with E-state index < -0.39 is 6.43 Å². The average molecular weight is 268 g/mol. The summed E-state index contributed by atoms with van der Waals surface area (Å²) < 4.78 is 25.7. The largest absolute Gasteiger partial charge is 0.314 e. The molecule has 0 spiro atoms. The van der Waals surface area contributed by atoms with E-state index in [1.165, 1.54) is 11.0 Å². The summed E-state index contributed by atoms with van der Waals surface area (Å²) >= 11 is 0. The molecule has 0 unspecified atom stereocenters. The smallest absolute Gasteiger partial charge is 0.257 e. The molecule has 1 saturated heterocycles. The predicted octanol–water partition coefficient (Wildman–Crippen LogP) is 0.369. The maximum Gasteiger partial charge on any atom is 0.257 e. The van der Waals surface area contributed by atoms with Crippen LogP contribution in [-0.4, -0.2) is 52.3 Å². The molecule has 1 aromatic rings. The molecule has 0 aromatic carbocycles. The highest BCUT2D eigenvalue weighted by atomic mass is 35.5. The van der Waals surface area contributed by atoms with E-state index in [9.17, 15) is 8.78 Å². The van der Waals surface area contributed by atoms with E-state index in [0.717, 1.165) is 13.1 Å². The van der Waals surface area contributed by atoms with Crippen molar-refractivity contribution in [2.45, 2.75) is 25.6 Å². The molecule has 1 aromatic heterocycles. The van der Waals surface area contributed by atoms with Crippen LogP contribution in [0.25, 0.3) is 0 Å². The van der Waals surface area contributed by atoms with Gasteiger partial charge in [0, 0.05) is 19.1 Å². The Kier molecular flexibility index (Phi) is 5.23. The van der Waals surface area contributed by atoms with Gasteiger partial charge in [0.25, 0.3) is 6.43 Å². The van der Waals surface area contributed by atoms with Crippen molar-refractivity contribution in [1.29, 1.82) is 0 Å². The van der Waals surface area contributed by atoms with Gasteiger partial charge in [-0.25, -0.2) is 18.4 Å². The van der Waals surface area contributed by atoms with Crippen LogP contribution in [0.2, 0.25) is 0 Å². The summed E-state index contributed by atoms with van der Waals surface area (Å²) in [6.07, 6.45) is -1.07. The zero-order valence-electron chi connectivity index (χ0n) is 9.51. The third kappa shape index (κ3) is 3.58. The van der Waals surface area contributed by atoms with Crippen molar-refractivity contribution in [3.63, 3.8) is 0 Å². The van der Waals surface area contributed by atoms with E-state index in [-0.39, 0.29) is 19.0 Å². The van der Waals surface area contributed by atoms with Gasteiger partial charge in [0.05, 0.1) is 6.54 Å². The van der Waals surface area contributed by atoms with Crippen molar-refractivity contribution in [2.75, 3.05) is 20.1 Å². The highest BCUT2D eigenvalue weighted by molar-refractivity contribution is 5.85. The Morgan fingerprint density at radius 2 is 2.29 bits per heavy atom. The van der Waals surface area contributed by atoms with Crippen LogP contribution in [0.15, 0.2) is 6.33 Å². The molecular weight excluding hydrogens is 252 g/mol. The summed E-state index contributed by atoms with van der Waals surface area (Å²) in [6, 6.07) is 0.469. The van der Waals surface area contributed by atoms with Gasteiger partial charge in [0.1, 0.15) is 18.7 Å². The van der Waals surface area contributed by atoms with Gasteiger partial charge in [0.2, 0.25) is 0 Å². The first-order valence-electron chi connectivity index (χ1n) is 5.22. The Labute approximate surface area is 105 Å². The normalized spacial score (nSPS) is 16.1. The highest BCUT2D eigenvalue weighted by Gasteiger charge is 2.23. The first-order valence-corrected chi connectivity index (χ1v) is 5.22. The van der Waals surface area contributed by atoms with Crippen LogP contribution in [0.3, 0.4) is 0 Å². The Hall–Kier alpha value is -0.790. The van der Waals surface area contributed by atoms with Crippen LogP contribution >= 0.6 is 12.4 Å². The van der Waals surface area contributed by atoms with Crippen LogP contribution < -0.4 is 5.32 Å². The number of halogens is 3. The predicted molar refractivity (Wildman–Crippen MR) is 61.4 cm³/mol. The molecule has 0 amide bonds. The molecule has 0 aliphatic carbocycles. The molecule has 2 heterocycles. The van der Waals surface area contributed by atoms with Crippen LogP contribution in [0.1, 0.15) is 5.82 Å². The number of hydrogen-bond acceptors (Lipinski definition) is 4. The first-order chi connectivity index (χ1) is 7.66. The van der Waals surface area contributed by atoms with Gasteiger partial charge in [-0.15, -0.1) is 12.4 Å². The van der Waals surface area contributed by atoms with Gasteiger partial charge in [-0.1, -0.05) is 0 Å². The summed E-state index contributed by atoms with van der Waals surface area (Å²) in [5.41, 5.74) is 0. The molecule has 8 heteroatoms. The Bertz CT molecular complexity index is 342. The van der Waals surface area contributed by atoms with Crippen molar-refractivity contribution in [3.05, 3.63) is 12.2 Å². The molecule has 0 saturated carbocycles. The highest BCUT2D eigenvalue weighted by Crippen LogP contribution is 2.08. The van der Waals surface area contributed by atoms with E-state index in [1.807, 2.05) is 7.05 Å². The lowest BCUT2D eigenvalue weighted by Crippen LogP contribution is -2.55. The Balaban J connectivity index is 0.00000144. The molecule has 5 nitrogen and oxygen atoms in total. The molecule has 1 aliphatic heterocycles. The Morgan fingerprint density at radius 3 is 2.82 bits per heavy atom. The molecule has 0 bridgehead atoms. The Morgan fingerprint density at radius 1 is 1.59 bits per heavy atom. The molecule has 1 aliphatic rings. The fraction of sp³-hybridized carbons (Fsp3) is 0.778. The van der Waals surface area contributed by atoms with Crippen molar-refractivity contribution in [1.82, 2.24) is 25.0 Å². The number of aromatic nitrogens is 3. The average Bonchev–Trinajstić information content (AvgIpc) is 2.48. The maximum absolute atomic E-state index is 12.2. The lowest BCUT2D eigenvalue weighted by molar-refractivity contribution is 0.116. The third-order valence-corrected chi connectivity index (χ3v) is 2.78. The fourth-order valence-electron chi connectivity index (χ4n) is 1.63. The summed E-state index contributed by atoms with van der Waals surface area (Å²) in [4.78, 5) is 6.11. The van der Waals surface area contributed by atoms with E-state index in [0.29, 0.717) is 18.4 Å². The minimum atomic E-state index is -2.39. The van der Waals surface area contributed by atoms with Crippen molar-refractivity contribution in [2.24, 2.45) is 0 Å². The van der Waals surface area contributed by atoms with Gasteiger partial charge < -0.3 is 5.32 Å². The molecule has 0 atom stereocenters. The summed E-state index contributed by atoms with van der Waals surface area (Å²) in [6.45, 7) is 2.06. The fourth-order valence-corrected chi connectivity index (χ4v) is 1.63. The molecular formula is C9H16ClF2N5. The topological polar surface area (TPSA) is 46.0 Å². The maximum atomic E-state index is 12.2. The zero-order chi connectivity index (χ0) is 11.5. The second-order valence-corrected chi connectivity index (χ2v) is 3.98. The van der Waals surface area contributed by atoms with E-state index in [1.54, 1.807) is 0 Å². The molecule has 17 heavy (non-hydrogen) atoms. The lowest BCUT2D eigenvalue weighted by Gasteiger charge is -2.35. The van der Waals surface area contributed by atoms with Gasteiger partial charge >= 0.3 is 0 Å². The number of rotatable bonds is 5. The van der Waals surface area contributed by atoms with Gasteiger partial charge in [0.15, 0.2) is 0 Å². The standard InChI is InChI=1S/C9H15F2N5.ClH/c1-15(7-2-12-3-7)5-9-13-6-14-16(9)4-8(10)11;/h6-8,12H,2-5H2,1H3;1H. The van der Waals surface area contributed by atoms with Gasteiger partial charge in [-0.3, -0.25) is 4.90 Å². The SMILES string of the molecule is CN(Cc1ncnn1CC(F)F)C1CNC1.Cl. The van der Waals surface area contributed by atoms with Gasteiger partial charge in [-0.05, 0) is 7.05 Å². The first kappa shape index (κ1) is 14.3. The monoisotopic (exact) mass is 267 g/mol. The number of nitrogens with zero attached hydrogens (tertiary/aromatic N) is 4. The zero-order valence-corrected chi connectivity index (χ0v) is 10.3. The lowest BCUT2D eigenvalue weighted by atomic mass is 10.1. The number of alkyl halides is 2. The molecule has 0 radical (unpaired) electrons. The van der Waals surface area contributed by atoms with Crippen LogP contribution in [0.4, 0.5) is 8.78 Å². The number of nitrogens with one attached hydrogen (secondary N) is 1. The van der Waals surface area contributed by atoms with Crippen LogP contribution in [-0.2, 0) is 13.1 Å². The van der Waals surface area contributed by atoms with E-state index in [4.69, 9.17) is 0 Å².